The van der Waals surface area contributed by atoms with Crippen LogP contribution in [0.25, 0.3) is 0 Å². The smallest absolute Gasteiger partial charge is 0.245 e. The van der Waals surface area contributed by atoms with Gasteiger partial charge in [0, 0.05) is 26.3 Å². The lowest BCUT2D eigenvalue weighted by molar-refractivity contribution is 0.146. The summed E-state index contributed by atoms with van der Waals surface area (Å²) >= 11 is 0. The van der Waals surface area contributed by atoms with E-state index in [1.807, 2.05) is 13.8 Å². The van der Waals surface area contributed by atoms with Crippen molar-refractivity contribution in [1.29, 1.82) is 0 Å². The molecular weight excluding hydrogens is 256 g/mol. The van der Waals surface area contributed by atoms with Gasteiger partial charge in [0.05, 0.1) is 6.20 Å². The molecule has 0 fully saturated rings. The Morgan fingerprint density at radius 3 is 2.78 bits per heavy atom. The zero-order valence-corrected chi connectivity index (χ0v) is 11.5. The number of sulfonamides is 1. The van der Waals surface area contributed by atoms with E-state index in [4.69, 9.17) is 10.5 Å². The van der Waals surface area contributed by atoms with Crippen LogP contribution in [0.2, 0.25) is 0 Å². The number of rotatable bonds is 8. The third-order valence-electron chi connectivity index (χ3n) is 2.40. The standard InChI is InChI=1S/C10H20N4O3S/c1-3-14-10(11)9(8-12-14)18(15,16)13-6-5-7-17-4-2/h8,13H,3-7,11H2,1-2H3. The van der Waals surface area contributed by atoms with Gasteiger partial charge in [-0.25, -0.2) is 17.8 Å². The summed E-state index contributed by atoms with van der Waals surface area (Å²) in [6, 6.07) is 0. The molecule has 0 saturated heterocycles. The maximum atomic E-state index is 11.9. The van der Waals surface area contributed by atoms with Crippen molar-refractivity contribution in [3.63, 3.8) is 0 Å². The second kappa shape index (κ2) is 6.72. The fourth-order valence-corrected chi connectivity index (χ4v) is 2.57. The molecule has 0 spiro atoms. The summed E-state index contributed by atoms with van der Waals surface area (Å²) in [4.78, 5) is 0.0285. The van der Waals surface area contributed by atoms with E-state index in [9.17, 15) is 8.42 Å². The number of nitrogens with zero attached hydrogens (tertiary/aromatic N) is 2. The fourth-order valence-electron chi connectivity index (χ4n) is 1.44. The van der Waals surface area contributed by atoms with Crippen LogP contribution in [0.5, 0.6) is 0 Å². The minimum Gasteiger partial charge on any atom is -0.383 e. The number of anilines is 1. The average Bonchev–Trinajstić information content (AvgIpc) is 2.70. The van der Waals surface area contributed by atoms with E-state index in [-0.39, 0.29) is 10.7 Å². The zero-order chi connectivity index (χ0) is 13.6. The van der Waals surface area contributed by atoms with Crippen molar-refractivity contribution in [1.82, 2.24) is 14.5 Å². The Hall–Kier alpha value is -1.12. The summed E-state index contributed by atoms with van der Waals surface area (Å²) in [6.45, 7) is 5.75. The van der Waals surface area contributed by atoms with Gasteiger partial charge in [-0.2, -0.15) is 5.10 Å². The Morgan fingerprint density at radius 1 is 1.50 bits per heavy atom. The second-order valence-corrected chi connectivity index (χ2v) is 5.39. The maximum absolute atomic E-state index is 11.9. The molecule has 1 aromatic rings. The Kier molecular flexibility index (Phi) is 5.57. The first-order valence-corrected chi connectivity index (χ1v) is 7.40. The van der Waals surface area contributed by atoms with E-state index in [2.05, 4.69) is 9.82 Å². The molecule has 7 nitrogen and oxygen atoms in total. The Balaban J connectivity index is 2.60. The van der Waals surface area contributed by atoms with Crippen LogP contribution in [0.1, 0.15) is 20.3 Å². The molecule has 0 saturated carbocycles. The first kappa shape index (κ1) is 14.9. The van der Waals surface area contributed by atoms with Crippen molar-refractivity contribution >= 4 is 15.8 Å². The zero-order valence-electron chi connectivity index (χ0n) is 10.7. The minimum atomic E-state index is -3.58. The molecule has 0 unspecified atom stereocenters. The summed E-state index contributed by atoms with van der Waals surface area (Å²) in [7, 11) is -3.58. The number of aryl methyl sites for hydroxylation is 1. The van der Waals surface area contributed by atoms with Crippen LogP contribution in [0.15, 0.2) is 11.1 Å². The quantitative estimate of drug-likeness (QED) is 0.660. The van der Waals surface area contributed by atoms with Crippen LogP contribution in [-0.2, 0) is 21.3 Å². The second-order valence-electron chi connectivity index (χ2n) is 3.66. The Bertz CT molecular complexity index is 469. The van der Waals surface area contributed by atoms with E-state index in [1.54, 1.807) is 0 Å². The summed E-state index contributed by atoms with van der Waals surface area (Å²) < 4.78 is 32.9. The number of hydrogen-bond acceptors (Lipinski definition) is 5. The molecule has 18 heavy (non-hydrogen) atoms. The average molecular weight is 276 g/mol. The van der Waals surface area contributed by atoms with Gasteiger partial charge in [0.25, 0.3) is 0 Å². The van der Waals surface area contributed by atoms with Gasteiger partial charge in [0.1, 0.15) is 10.7 Å². The van der Waals surface area contributed by atoms with Gasteiger partial charge in [-0.15, -0.1) is 0 Å². The summed E-state index contributed by atoms with van der Waals surface area (Å²) in [5.74, 6) is 0.162. The van der Waals surface area contributed by atoms with Crippen molar-refractivity contribution in [2.24, 2.45) is 0 Å². The molecule has 1 aromatic heterocycles. The van der Waals surface area contributed by atoms with Gasteiger partial charge in [0.15, 0.2) is 0 Å². The highest BCUT2D eigenvalue weighted by atomic mass is 32.2. The molecule has 104 valence electrons. The third-order valence-corrected chi connectivity index (χ3v) is 3.87. The molecule has 0 aliphatic rings. The molecule has 3 N–H and O–H groups in total. The van der Waals surface area contributed by atoms with E-state index in [0.717, 1.165) is 0 Å². The van der Waals surface area contributed by atoms with E-state index in [1.165, 1.54) is 10.9 Å². The molecule has 1 rings (SSSR count). The number of nitrogens with one attached hydrogen (secondary N) is 1. The topological polar surface area (TPSA) is 99.2 Å². The lowest BCUT2D eigenvalue weighted by Crippen LogP contribution is -2.26. The highest BCUT2D eigenvalue weighted by Crippen LogP contribution is 2.16. The summed E-state index contributed by atoms with van der Waals surface area (Å²) in [5, 5.41) is 3.91. The largest absolute Gasteiger partial charge is 0.383 e. The van der Waals surface area contributed by atoms with Crippen LogP contribution in [0.3, 0.4) is 0 Å². The van der Waals surface area contributed by atoms with Crippen molar-refractivity contribution in [3.05, 3.63) is 6.20 Å². The first-order chi connectivity index (χ1) is 8.53. The molecule has 0 radical (unpaired) electrons. The monoisotopic (exact) mass is 276 g/mol. The van der Waals surface area contributed by atoms with Gasteiger partial charge in [-0.3, -0.25) is 0 Å². The molecule has 0 atom stereocenters. The van der Waals surface area contributed by atoms with Crippen LogP contribution >= 0.6 is 0 Å². The van der Waals surface area contributed by atoms with E-state index >= 15 is 0 Å². The highest BCUT2D eigenvalue weighted by molar-refractivity contribution is 7.89. The van der Waals surface area contributed by atoms with E-state index in [0.29, 0.717) is 32.7 Å². The highest BCUT2D eigenvalue weighted by Gasteiger charge is 2.20. The number of hydrogen-bond donors (Lipinski definition) is 2. The molecule has 0 bridgehead atoms. The molecule has 1 heterocycles. The first-order valence-electron chi connectivity index (χ1n) is 5.91. The summed E-state index contributed by atoms with van der Waals surface area (Å²) in [6.07, 6.45) is 1.89. The SMILES string of the molecule is CCOCCCNS(=O)(=O)c1cnn(CC)c1N. The molecule has 8 heteroatoms. The molecule has 0 amide bonds. The molecular formula is C10H20N4O3S. The van der Waals surface area contributed by atoms with Crippen molar-refractivity contribution < 1.29 is 13.2 Å². The number of aromatic nitrogens is 2. The van der Waals surface area contributed by atoms with Crippen LogP contribution < -0.4 is 10.5 Å². The van der Waals surface area contributed by atoms with Crippen LogP contribution in [0, 0.1) is 0 Å². The minimum absolute atomic E-state index is 0.0285. The van der Waals surface area contributed by atoms with Crippen molar-refractivity contribution in [3.8, 4) is 0 Å². The fraction of sp³-hybridized carbons (Fsp3) is 0.700. The lowest BCUT2D eigenvalue weighted by Gasteiger charge is -2.06. The van der Waals surface area contributed by atoms with Crippen molar-refractivity contribution in [2.45, 2.75) is 31.7 Å². The van der Waals surface area contributed by atoms with Crippen molar-refractivity contribution in [2.75, 3.05) is 25.5 Å². The van der Waals surface area contributed by atoms with Gasteiger partial charge in [-0.1, -0.05) is 0 Å². The number of nitrogens with two attached hydrogens (primary N) is 1. The third kappa shape index (κ3) is 3.69. The summed E-state index contributed by atoms with van der Waals surface area (Å²) in [5.41, 5.74) is 5.71. The van der Waals surface area contributed by atoms with Gasteiger partial charge in [-0.05, 0) is 20.3 Å². The van der Waals surface area contributed by atoms with E-state index < -0.39 is 10.0 Å². The molecule has 0 aliphatic heterocycles. The Labute approximate surface area is 107 Å². The predicted octanol–water partition coefficient (Wildman–Crippen LogP) is 0.190. The predicted molar refractivity (Wildman–Crippen MR) is 68.6 cm³/mol. The van der Waals surface area contributed by atoms with Gasteiger partial charge in [0.2, 0.25) is 10.0 Å². The number of ether oxygens (including phenoxy) is 1. The van der Waals surface area contributed by atoms with Crippen LogP contribution in [-0.4, -0.2) is 38.0 Å². The van der Waals surface area contributed by atoms with Gasteiger partial charge < -0.3 is 10.5 Å². The molecule has 0 aromatic carbocycles. The maximum Gasteiger partial charge on any atom is 0.245 e. The Morgan fingerprint density at radius 2 is 2.22 bits per heavy atom. The lowest BCUT2D eigenvalue weighted by atomic mass is 10.5. The van der Waals surface area contributed by atoms with Crippen LogP contribution in [0.4, 0.5) is 5.82 Å². The normalized spacial score (nSPS) is 11.9. The molecule has 0 aliphatic carbocycles. The van der Waals surface area contributed by atoms with Gasteiger partial charge >= 0.3 is 0 Å². The number of nitrogen functional groups attached to an aromatic ring is 1.